The van der Waals surface area contributed by atoms with E-state index in [2.05, 4.69) is 14.7 Å². The summed E-state index contributed by atoms with van der Waals surface area (Å²) in [5.74, 6) is 0.352. The third-order valence-corrected chi connectivity index (χ3v) is 7.97. The Kier molecular flexibility index (Phi) is 6.78. The van der Waals surface area contributed by atoms with Gasteiger partial charge in [-0.2, -0.15) is 15.1 Å². The topological polar surface area (TPSA) is 103 Å². The number of rotatable bonds is 7. The Labute approximate surface area is 230 Å². The molecule has 0 saturated carbocycles. The van der Waals surface area contributed by atoms with Crippen molar-refractivity contribution < 1.29 is 14.3 Å². The van der Waals surface area contributed by atoms with Crippen molar-refractivity contribution in [2.45, 2.75) is 32.7 Å². The van der Waals surface area contributed by atoms with Gasteiger partial charge in [-0.1, -0.05) is 36.4 Å². The first-order chi connectivity index (χ1) is 19.0. The molecule has 6 rings (SSSR count). The monoisotopic (exact) mass is 540 g/mol. The second kappa shape index (κ2) is 10.5. The smallest absolute Gasteiger partial charge is 0.283 e. The van der Waals surface area contributed by atoms with E-state index in [1.807, 2.05) is 66.6 Å². The van der Waals surface area contributed by atoms with Crippen molar-refractivity contribution in [3.8, 4) is 5.75 Å². The molecular formula is C29H28N6O3S. The highest BCUT2D eigenvalue weighted by Gasteiger charge is 2.36. The lowest BCUT2D eigenvalue weighted by Crippen LogP contribution is -2.35. The first-order valence-corrected chi connectivity index (χ1v) is 13.8. The van der Waals surface area contributed by atoms with Gasteiger partial charge in [-0.05, 0) is 55.3 Å². The van der Waals surface area contributed by atoms with Crippen molar-refractivity contribution in [1.29, 1.82) is 5.41 Å². The van der Waals surface area contributed by atoms with Crippen LogP contribution in [0.1, 0.15) is 30.4 Å². The predicted octanol–water partition coefficient (Wildman–Crippen LogP) is 4.66. The molecule has 1 saturated heterocycles. The van der Waals surface area contributed by atoms with Gasteiger partial charge in [0.2, 0.25) is 11.1 Å². The van der Waals surface area contributed by atoms with Crippen molar-refractivity contribution in [3.05, 3.63) is 71.4 Å². The van der Waals surface area contributed by atoms with Gasteiger partial charge >= 0.3 is 0 Å². The molecular weight excluding hydrogens is 512 g/mol. The van der Waals surface area contributed by atoms with Gasteiger partial charge in [0, 0.05) is 35.8 Å². The van der Waals surface area contributed by atoms with Crippen LogP contribution in [0, 0.1) is 12.3 Å². The molecule has 2 aromatic carbocycles. The van der Waals surface area contributed by atoms with Crippen LogP contribution >= 0.6 is 11.8 Å². The summed E-state index contributed by atoms with van der Waals surface area (Å²) in [4.78, 5) is 31.6. The van der Waals surface area contributed by atoms with E-state index in [9.17, 15) is 9.59 Å². The second-order valence-corrected chi connectivity index (χ2v) is 10.7. The summed E-state index contributed by atoms with van der Waals surface area (Å²) >= 11 is 1.18. The molecule has 3 aromatic rings. The standard InChI is InChI=1S/C29H28N6O3S/c1-19-8-2-5-11-24(19)38-15-14-34-18-20(21-9-3-4-10-23(21)34)16-22-27(30)35-29(31-28(22)37)39-25(32-35)17-26(36)33-12-6-7-13-33/h2-5,8-11,16,18,30H,6-7,12-15,17H2,1H3. The summed E-state index contributed by atoms with van der Waals surface area (Å²) < 4.78 is 8.10. The Hall–Kier alpha value is -4.18. The molecule has 4 heterocycles. The average Bonchev–Trinajstić information content (AvgIpc) is 3.68. The molecule has 1 aromatic heterocycles. The molecule has 0 bridgehead atoms. The number of amides is 2. The number of aromatic nitrogens is 1. The van der Waals surface area contributed by atoms with Crippen LogP contribution in [-0.2, 0) is 16.1 Å². The fourth-order valence-electron chi connectivity index (χ4n) is 5.01. The van der Waals surface area contributed by atoms with Gasteiger partial charge in [-0.3, -0.25) is 15.0 Å². The number of hydrogen-bond donors (Lipinski definition) is 1. The number of aliphatic imine (C=N–C) groups is 1. The van der Waals surface area contributed by atoms with Crippen LogP contribution in [0.3, 0.4) is 0 Å². The van der Waals surface area contributed by atoms with Gasteiger partial charge in [0.25, 0.3) is 5.91 Å². The van der Waals surface area contributed by atoms with Crippen molar-refractivity contribution >= 4 is 56.6 Å². The highest BCUT2D eigenvalue weighted by molar-refractivity contribution is 8.27. The SMILES string of the molecule is Cc1ccccc1OCCn1cc(C=C2C(=N)N3N=C(CC(=O)N4CCCC4)SC3=NC2=O)c2ccccc21. The molecule has 3 aliphatic heterocycles. The van der Waals surface area contributed by atoms with Crippen LogP contribution < -0.4 is 4.74 Å². The van der Waals surface area contributed by atoms with Gasteiger partial charge in [0.05, 0.1) is 18.5 Å². The first kappa shape index (κ1) is 25.1. The Morgan fingerprint density at radius 1 is 1.13 bits per heavy atom. The molecule has 39 heavy (non-hydrogen) atoms. The summed E-state index contributed by atoms with van der Waals surface area (Å²) in [5, 5.41) is 16.4. The van der Waals surface area contributed by atoms with Crippen LogP contribution in [0.2, 0.25) is 0 Å². The van der Waals surface area contributed by atoms with Gasteiger partial charge in [0.15, 0.2) is 5.84 Å². The number of ether oxygens (including phenoxy) is 1. The maximum Gasteiger partial charge on any atom is 0.283 e. The van der Waals surface area contributed by atoms with Crippen LogP contribution in [0.5, 0.6) is 5.75 Å². The van der Waals surface area contributed by atoms with E-state index < -0.39 is 5.91 Å². The number of thioether (sulfide) groups is 1. The minimum atomic E-state index is -0.485. The number of nitrogens with one attached hydrogen (secondary N) is 1. The molecule has 0 unspecified atom stereocenters. The fraction of sp³-hybridized carbons (Fsp3) is 0.276. The number of nitrogens with zero attached hydrogens (tertiary/aromatic N) is 5. The van der Waals surface area contributed by atoms with E-state index >= 15 is 0 Å². The van der Waals surface area contributed by atoms with Gasteiger partial charge in [0.1, 0.15) is 17.4 Å². The summed E-state index contributed by atoms with van der Waals surface area (Å²) in [6, 6.07) is 15.9. The molecule has 0 aliphatic carbocycles. The lowest BCUT2D eigenvalue weighted by molar-refractivity contribution is -0.128. The Bertz CT molecular complexity index is 1580. The van der Waals surface area contributed by atoms with Gasteiger partial charge in [-0.25, -0.2) is 0 Å². The third kappa shape index (κ3) is 4.99. The molecule has 9 nitrogen and oxygen atoms in total. The number of carbonyl (C=O) groups is 2. The van der Waals surface area contributed by atoms with Crippen molar-refractivity contribution in [2.75, 3.05) is 19.7 Å². The molecule has 0 spiro atoms. The van der Waals surface area contributed by atoms with Crippen LogP contribution in [-0.4, -0.2) is 62.0 Å². The number of amidine groups is 2. The minimum absolute atomic E-state index is 0.0204. The molecule has 0 radical (unpaired) electrons. The highest BCUT2D eigenvalue weighted by Crippen LogP contribution is 2.31. The number of carbonyl (C=O) groups excluding carboxylic acids is 2. The zero-order chi connectivity index (χ0) is 26.9. The number of hydrogen-bond acceptors (Lipinski definition) is 6. The predicted molar refractivity (Wildman–Crippen MR) is 154 cm³/mol. The van der Waals surface area contributed by atoms with E-state index in [-0.39, 0.29) is 23.7 Å². The molecule has 10 heteroatoms. The van der Waals surface area contributed by atoms with E-state index in [1.54, 1.807) is 6.08 Å². The number of aryl methyl sites for hydroxylation is 1. The lowest BCUT2D eigenvalue weighted by atomic mass is 10.1. The molecule has 1 fully saturated rings. The van der Waals surface area contributed by atoms with E-state index in [0.717, 1.165) is 53.7 Å². The maximum absolute atomic E-state index is 13.0. The highest BCUT2D eigenvalue weighted by atomic mass is 32.2. The summed E-state index contributed by atoms with van der Waals surface area (Å²) in [6.45, 7) is 4.67. The lowest BCUT2D eigenvalue weighted by Gasteiger charge is -2.20. The second-order valence-electron chi connectivity index (χ2n) is 9.69. The van der Waals surface area contributed by atoms with E-state index in [0.29, 0.717) is 23.4 Å². The average molecular weight is 541 g/mol. The molecule has 1 N–H and O–H groups in total. The van der Waals surface area contributed by atoms with Gasteiger partial charge in [-0.15, -0.1) is 0 Å². The maximum atomic E-state index is 13.0. The van der Waals surface area contributed by atoms with Crippen LogP contribution in [0.4, 0.5) is 0 Å². The number of likely N-dealkylation sites (tertiary alicyclic amines) is 1. The van der Waals surface area contributed by atoms with E-state index in [4.69, 9.17) is 10.1 Å². The molecule has 198 valence electrons. The third-order valence-electron chi connectivity index (χ3n) is 7.06. The summed E-state index contributed by atoms with van der Waals surface area (Å²) in [5.41, 5.74) is 3.07. The Morgan fingerprint density at radius 2 is 1.90 bits per heavy atom. The molecule has 0 atom stereocenters. The Balaban J connectivity index is 1.22. The van der Waals surface area contributed by atoms with Crippen LogP contribution in [0.15, 0.2) is 70.4 Å². The molecule has 3 aliphatic rings. The quantitative estimate of drug-likeness (QED) is 0.439. The van der Waals surface area contributed by atoms with Crippen LogP contribution in [0.25, 0.3) is 17.0 Å². The van der Waals surface area contributed by atoms with Crippen molar-refractivity contribution in [1.82, 2.24) is 14.5 Å². The number of para-hydroxylation sites is 2. The summed E-state index contributed by atoms with van der Waals surface area (Å²) in [7, 11) is 0. The zero-order valence-electron chi connectivity index (χ0n) is 21.6. The van der Waals surface area contributed by atoms with Crippen molar-refractivity contribution in [3.63, 3.8) is 0 Å². The Morgan fingerprint density at radius 3 is 2.72 bits per heavy atom. The largest absolute Gasteiger partial charge is 0.491 e. The number of hydrazone groups is 1. The first-order valence-electron chi connectivity index (χ1n) is 13.0. The minimum Gasteiger partial charge on any atom is -0.491 e. The number of fused-ring (bicyclic) bond motifs is 2. The molecule has 2 amide bonds. The normalized spacial score (nSPS) is 18.1. The fourth-order valence-corrected chi connectivity index (χ4v) is 5.89. The summed E-state index contributed by atoms with van der Waals surface area (Å²) in [6.07, 6.45) is 5.88. The number of benzene rings is 2. The zero-order valence-corrected chi connectivity index (χ0v) is 22.4. The van der Waals surface area contributed by atoms with E-state index in [1.165, 1.54) is 16.8 Å². The van der Waals surface area contributed by atoms with Crippen molar-refractivity contribution in [2.24, 2.45) is 10.1 Å². The van der Waals surface area contributed by atoms with Gasteiger partial charge < -0.3 is 14.2 Å².